The second kappa shape index (κ2) is 13.2. The normalized spacial score (nSPS) is 13.3. The third-order valence-corrected chi connectivity index (χ3v) is 6.53. The van der Waals surface area contributed by atoms with E-state index in [1.165, 1.54) is 0 Å². The fraction of sp³-hybridized carbons (Fsp3) is 0.276. The van der Waals surface area contributed by atoms with Crippen molar-refractivity contribution >= 4 is 29.2 Å². The van der Waals surface area contributed by atoms with Gasteiger partial charge in [0.25, 0.3) is 5.91 Å². The highest BCUT2D eigenvalue weighted by molar-refractivity contribution is 5.99. The number of amides is 3. The van der Waals surface area contributed by atoms with Crippen molar-refractivity contribution in [3.05, 3.63) is 89.1 Å². The largest absolute Gasteiger partial charge is 0.380 e. The van der Waals surface area contributed by atoms with Crippen LogP contribution in [-0.4, -0.2) is 40.7 Å². The summed E-state index contributed by atoms with van der Waals surface area (Å²) in [4.78, 5) is 48.4. The molecule has 0 aliphatic carbocycles. The Morgan fingerprint density at radius 2 is 1.79 bits per heavy atom. The van der Waals surface area contributed by atoms with E-state index in [0.717, 1.165) is 11.1 Å². The highest BCUT2D eigenvalue weighted by atomic mass is 16.6. The van der Waals surface area contributed by atoms with Gasteiger partial charge in [-0.2, -0.15) is 5.26 Å². The molecule has 3 amide bonds. The van der Waals surface area contributed by atoms with Gasteiger partial charge in [0, 0.05) is 44.4 Å². The molecular formula is C29H30N6O4. The van der Waals surface area contributed by atoms with Crippen molar-refractivity contribution in [1.82, 2.24) is 15.4 Å². The van der Waals surface area contributed by atoms with Gasteiger partial charge in [-0.05, 0) is 60.4 Å². The Balaban J connectivity index is 1.29. The van der Waals surface area contributed by atoms with Gasteiger partial charge in [0.15, 0.2) is 0 Å². The summed E-state index contributed by atoms with van der Waals surface area (Å²) in [5, 5.41) is 15.0. The van der Waals surface area contributed by atoms with Crippen molar-refractivity contribution < 1.29 is 19.2 Å². The minimum atomic E-state index is -0.398. The monoisotopic (exact) mass is 526 g/mol. The molecule has 0 atom stereocenters. The zero-order chi connectivity index (χ0) is 27.6. The van der Waals surface area contributed by atoms with Gasteiger partial charge < -0.3 is 15.5 Å². The number of aromatic nitrogens is 1. The van der Waals surface area contributed by atoms with Gasteiger partial charge in [0.2, 0.25) is 11.8 Å². The maximum absolute atomic E-state index is 12.8. The van der Waals surface area contributed by atoms with Crippen molar-refractivity contribution in [2.75, 3.05) is 23.7 Å². The average molecular weight is 527 g/mol. The third kappa shape index (κ3) is 7.63. The highest BCUT2D eigenvalue weighted by Gasteiger charge is 2.26. The molecular weight excluding hydrogens is 496 g/mol. The number of para-hydroxylation sites is 1. The first-order valence-electron chi connectivity index (χ1n) is 12.7. The number of nitriles is 1. The lowest BCUT2D eigenvalue weighted by Crippen LogP contribution is -2.40. The van der Waals surface area contributed by atoms with E-state index in [1.807, 2.05) is 12.1 Å². The summed E-state index contributed by atoms with van der Waals surface area (Å²) < 4.78 is 0. The molecule has 0 bridgehead atoms. The molecule has 1 aliphatic heterocycles. The van der Waals surface area contributed by atoms with Crippen LogP contribution in [-0.2, 0) is 27.6 Å². The Hall–Kier alpha value is -4.75. The predicted octanol–water partition coefficient (Wildman–Crippen LogP) is 3.62. The van der Waals surface area contributed by atoms with Gasteiger partial charge >= 0.3 is 0 Å². The highest BCUT2D eigenvalue weighted by Crippen LogP contribution is 2.20. The van der Waals surface area contributed by atoms with Gasteiger partial charge in [0.05, 0.1) is 23.8 Å². The molecule has 10 nitrogen and oxygen atoms in total. The van der Waals surface area contributed by atoms with E-state index in [1.54, 1.807) is 66.6 Å². The van der Waals surface area contributed by atoms with Crippen molar-refractivity contribution in [2.24, 2.45) is 5.92 Å². The molecule has 3 N–H and O–H groups in total. The summed E-state index contributed by atoms with van der Waals surface area (Å²) in [6.45, 7) is 3.27. The van der Waals surface area contributed by atoms with Crippen LogP contribution in [0.4, 0.5) is 11.5 Å². The maximum atomic E-state index is 12.8. The van der Waals surface area contributed by atoms with E-state index in [0.29, 0.717) is 55.1 Å². The second-order valence-corrected chi connectivity index (χ2v) is 9.25. The number of likely N-dealkylation sites (tertiary alicyclic amines) is 1. The molecule has 10 heteroatoms. The summed E-state index contributed by atoms with van der Waals surface area (Å²) >= 11 is 0. The number of piperidine rings is 1. The molecule has 2 aromatic carbocycles. The fourth-order valence-corrected chi connectivity index (χ4v) is 4.29. The number of nitrogens with one attached hydrogen (secondary N) is 3. The van der Waals surface area contributed by atoms with Crippen LogP contribution in [0.25, 0.3) is 0 Å². The number of hydroxylamine groups is 1. The second-order valence-electron chi connectivity index (χ2n) is 9.25. The first kappa shape index (κ1) is 27.3. The first-order chi connectivity index (χ1) is 18.9. The SMILES string of the molecule is CC(=O)N1CCC(C(=O)Nc2cc(CNc3ccccc3C(=O)NOCc3ccc(C#N)cc3)ccn2)CC1. The molecule has 0 radical (unpaired) electrons. The van der Waals surface area contributed by atoms with Gasteiger partial charge in [-0.3, -0.25) is 19.2 Å². The molecule has 3 aromatic rings. The van der Waals surface area contributed by atoms with Gasteiger partial charge in [-0.25, -0.2) is 10.5 Å². The van der Waals surface area contributed by atoms with Crippen molar-refractivity contribution in [3.63, 3.8) is 0 Å². The Morgan fingerprint density at radius 3 is 2.51 bits per heavy atom. The van der Waals surface area contributed by atoms with Crippen LogP contribution in [0.2, 0.25) is 0 Å². The van der Waals surface area contributed by atoms with E-state index in [9.17, 15) is 14.4 Å². The van der Waals surface area contributed by atoms with E-state index in [2.05, 4.69) is 27.2 Å². The van der Waals surface area contributed by atoms with Crippen LogP contribution in [0.15, 0.2) is 66.9 Å². The van der Waals surface area contributed by atoms with Crippen LogP contribution >= 0.6 is 0 Å². The van der Waals surface area contributed by atoms with Crippen LogP contribution < -0.4 is 16.1 Å². The lowest BCUT2D eigenvalue weighted by Gasteiger charge is -2.30. The number of hydrogen-bond donors (Lipinski definition) is 3. The molecule has 0 unspecified atom stereocenters. The average Bonchev–Trinajstić information content (AvgIpc) is 2.96. The molecule has 1 saturated heterocycles. The first-order valence-corrected chi connectivity index (χ1v) is 12.7. The molecule has 1 aliphatic rings. The zero-order valence-corrected chi connectivity index (χ0v) is 21.6. The fourth-order valence-electron chi connectivity index (χ4n) is 4.29. The number of pyridine rings is 1. The number of nitrogens with zero attached hydrogens (tertiary/aromatic N) is 3. The summed E-state index contributed by atoms with van der Waals surface area (Å²) in [5.74, 6) is -0.168. The topological polar surface area (TPSA) is 136 Å². The van der Waals surface area contributed by atoms with E-state index >= 15 is 0 Å². The summed E-state index contributed by atoms with van der Waals surface area (Å²) in [5.41, 5.74) is 5.75. The lowest BCUT2D eigenvalue weighted by molar-refractivity contribution is -0.132. The maximum Gasteiger partial charge on any atom is 0.276 e. The predicted molar refractivity (Wildman–Crippen MR) is 145 cm³/mol. The smallest absolute Gasteiger partial charge is 0.276 e. The minimum Gasteiger partial charge on any atom is -0.380 e. The van der Waals surface area contributed by atoms with Gasteiger partial charge in [0.1, 0.15) is 5.82 Å². The molecule has 200 valence electrons. The van der Waals surface area contributed by atoms with E-state index in [-0.39, 0.29) is 24.3 Å². The number of hydrogen-bond acceptors (Lipinski definition) is 7. The number of carbonyl (C=O) groups is 3. The number of carbonyl (C=O) groups excluding carboxylic acids is 3. The molecule has 1 fully saturated rings. The number of anilines is 2. The molecule has 0 spiro atoms. The number of rotatable bonds is 9. The van der Waals surface area contributed by atoms with Crippen LogP contribution in [0.3, 0.4) is 0 Å². The van der Waals surface area contributed by atoms with E-state index in [4.69, 9.17) is 10.1 Å². The number of benzene rings is 2. The van der Waals surface area contributed by atoms with Crippen molar-refractivity contribution in [1.29, 1.82) is 5.26 Å². The minimum absolute atomic E-state index is 0.0328. The van der Waals surface area contributed by atoms with Crippen LogP contribution in [0.5, 0.6) is 0 Å². The van der Waals surface area contributed by atoms with Gasteiger partial charge in [-0.15, -0.1) is 0 Å². The molecule has 2 heterocycles. The third-order valence-electron chi connectivity index (χ3n) is 6.53. The standard InChI is InChI=1S/C29H30N6O4/c1-20(36)35-14-11-24(12-15-35)28(37)33-27-16-23(10-13-31-27)18-32-26-5-3-2-4-25(26)29(38)34-39-19-22-8-6-21(17-30)7-9-22/h2-10,13,16,24,32H,11-12,14-15,18-19H2,1H3,(H,34,38)(H,31,33,37). The Kier molecular flexibility index (Phi) is 9.21. The van der Waals surface area contributed by atoms with Crippen LogP contribution in [0, 0.1) is 17.2 Å². The quantitative estimate of drug-likeness (QED) is 0.362. The zero-order valence-electron chi connectivity index (χ0n) is 21.6. The molecule has 39 heavy (non-hydrogen) atoms. The van der Waals surface area contributed by atoms with Crippen molar-refractivity contribution in [2.45, 2.75) is 32.9 Å². The summed E-state index contributed by atoms with van der Waals surface area (Å²) in [6.07, 6.45) is 2.88. The molecule has 4 rings (SSSR count). The summed E-state index contributed by atoms with van der Waals surface area (Å²) in [6, 6.07) is 19.7. The Bertz CT molecular complexity index is 1360. The lowest BCUT2D eigenvalue weighted by atomic mass is 9.96. The Labute approximate surface area is 226 Å². The van der Waals surface area contributed by atoms with Gasteiger partial charge in [-0.1, -0.05) is 24.3 Å². The Morgan fingerprint density at radius 1 is 1.05 bits per heavy atom. The molecule has 1 aromatic heterocycles. The summed E-state index contributed by atoms with van der Waals surface area (Å²) in [7, 11) is 0. The molecule has 0 saturated carbocycles. The van der Waals surface area contributed by atoms with E-state index < -0.39 is 5.91 Å². The van der Waals surface area contributed by atoms with Crippen molar-refractivity contribution in [3.8, 4) is 6.07 Å². The van der Waals surface area contributed by atoms with Crippen LogP contribution in [0.1, 0.15) is 46.8 Å².